The maximum Gasteiger partial charge on any atom is 0.344 e. The first-order valence-corrected chi connectivity index (χ1v) is 12.2. The van der Waals surface area contributed by atoms with Crippen molar-refractivity contribution in [2.45, 2.75) is 23.1 Å². The molecule has 1 saturated heterocycles. The number of nitrogens with one attached hydrogen (secondary N) is 1. The summed E-state index contributed by atoms with van der Waals surface area (Å²) in [6, 6.07) is 5.00. The van der Waals surface area contributed by atoms with Crippen LogP contribution in [0.4, 0.5) is 0 Å². The molecule has 3 atom stereocenters. The van der Waals surface area contributed by atoms with Crippen LogP contribution in [0.3, 0.4) is 0 Å². The van der Waals surface area contributed by atoms with Crippen molar-refractivity contribution < 1.29 is 33.8 Å². The lowest BCUT2D eigenvalue weighted by Gasteiger charge is -2.31. The van der Waals surface area contributed by atoms with E-state index in [0.29, 0.717) is 19.9 Å². The number of amides is 2. The highest BCUT2D eigenvalue weighted by molar-refractivity contribution is 9.10. The molecule has 2 aliphatic rings. The van der Waals surface area contributed by atoms with Gasteiger partial charge in [0.1, 0.15) is 17.5 Å². The SMILES string of the molecule is CCOC(=O)COc1ccc(Br)cc1[C@@H]1c2sc(=O)[nH]c2S[C@@H]2C(=O)N(CC(=O)O)C(=O)[C@H]12. The summed E-state index contributed by atoms with van der Waals surface area (Å²) in [4.78, 5) is 65.1. The molecule has 2 N–H and O–H groups in total. The van der Waals surface area contributed by atoms with Gasteiger partial charge in [-0.25, -0.2) is 4.79 Å². The summed E-state index contributed by atoms with van der Waals surface area (Å²) in [5, 5.41) is 8.72. The highest BCUT2D eigenvalue weighted by atomic mass is 79.9. The van der Waals surface area contributed by atoms with Crippen LogP contribution < -0.4 is 9.61 Å². The van der Waals surface area contributed by atoms with Crippen molar-refractivity contribution in [2.24, 2.45) is 5.92 Å². The molecule has 1 fully saturated rings. The molecular weight excluding hydrogens is 540 g/mol. The summed E-state index contributed by atoms with van der Waals surface area (Å²) >= 11 is 5.36. The van der Waals surface area contributed by atoms with E-state index in [0.717, 1.165) is 28.0 Å². The van der Waals surface area contributed by atoms with Crippen LogP contribution in [-0.4, -0.2) is 63.8 Å². The molecule has 1 aromatic carbocycles. The molecule has 0 spiro atoms. The number of carboxylic acid groups (broad SMARTS) is 1. The average Bonchev–Trinajstić information content (AvgIpc) is 3.23. The molecular formula is C20H17BrN2O8S2. The van der Waals surface area contributed by atoms with Crippen molar-refractivity contribution in [1.82, 2.24) is 9.88 Å². The first-order valence-electron chi connectivity index (χ1n) is 9.75. The number of benzene rings is 1. The third-order valence-electron chi connectivity index (χ3n) is 5.17. The second-order valence-corrected chi connectivity index (χ2v) is 10.3. The van der Waals surface area contributed by atoms with Gasteiger partial charge in [0.25, 0.3) is 0 Å². The second kappa shape index (κ2) is 9.31. The second-order valence-electron chi connectivity index (χ2n) is 7.18. The molecule has 4 rings (SSSR count). The zero-order valence-electron chi connectivity index (χ0n) is 17.0. The molecule has 2 aliphatic heterocycles. The molecule has 0 bridgehead atoms. The van der Waals surface area contributed by atoms with Gasteiger partial charge < -0.3 is 19.6 Å². The van der Waals surface area contributed by atoms with Crippen LogP contribution in [0, 0.1) is 5.92 Å². The predicted octanol–water partition coefficient (Wildman–Crippen LogP) is 1.82. The van der Waals surface area contributed by atoms with Crippen LogP contribution in [0.2, 0.25) is 0 Å². The quantitative estimate of drug-likeness (QED) is 0.385. The fourth-order valence-electron chi connectivity index (χ4n) is 3.93. The zero-order valence-corrected chi connectivity index (χ0v) is 20.3. The summed E-state index contributed by atoms with van der Waals surface area (Å²) in [7, 11) is 0. The molecule has 0 radical (unpaired) electrons. The minimum atomic E-state index is -1.30. The lowest BCUT2D eigenvalue weighted by Crippen LogP contribution is -2.36. The van der Waals surface area contributed by atoms with Crippen molar-refractivity contribution in [2.75, 3.05) is 19.8 Å². The van der Waals surface area contributed by atoms with Crippen molar-refractivity contribution in [3.05, 3.63) is 42.8 Å². The summed E-state index contributed by atoms with van der Waals surface area (Å²) in [5.41, 5.74) is 0.485. The first-order chi connectivity index (χ1) is 15.7. The van der Waals surface area contributed by atoms with Crippen LogP contribution in [0.5, 0.6) is 5.75 Å². The van der Waals surface area contributed by atoms with Crippen molar-refractivity contribution in [1.29, 1.82) is 0 Å². The Kier molecular flexibility index (Phi) is 6.64. The van der Waals surface area contributed by atoms with E-state index in [4.69, 9.17) is 9.47 Å². The molecule has 174 valence electrons. The van der Waals surface area contributed by atoms with Gasteiger partial charge in [0.2, 0.25) is 11.8 Å². The first kappa shape index (κ1) is 23.5. The lowest BCUT2D eigenvalue weighted by atomic mass is 9.82. The van der Waals surface area contributed by atoms with Gasteiger partial charge in [-0.05, 0) is 25.1 Å². The minimum Gasteiger partial charge on any atom is -0.482 e. The Morgan fingerprint density at radius 1 is 1.24 bits per heavy atom. The van der Waals surface area contributed by atoms with E-state index < -0.39 is 47.4 Å². The van der Waals surface area contributed by atoms with Crippen LogP contribution in [0.1, 0.15) is 23.3 Å². The number of hydrogen-bond donors (Lipinski definition) is 2. The number of halogens is 1. The number of rotatable bonds is 7. The van der Waals surface area contributed by atoms with Gasteiger partial charge in [0.15, 0.2) is 6.61 Å². The number of ether oxygens (including phenoxy) is 2. The number of aromatic amines is 1. The van der Waals surface area contributed by atoms with Gasteiger partial charge in [0, 0.05) is 20.8 Å². The lowest BCUT2D eigenvalue weighted by molar-refractivity contribution is -0.149. The Labute approximate surface area is 203 Å². The number of thiazole rings is 1. The molecule has 2 amide bonds. The van der Waals surface area contributed by atoms with E-state index in [-0.39, 0.29) is 23.8 Å². The number of aliphatic carboxylic acids is 1. The maximum absolute atomic E-state index is 13.3. The van der Waals surface area contributed by atoms with Gasteiger partial charge >= 0.3 is 16.8 Å². The summed E-state index contributed by atoms with van der Waals surface area (Å²) in [6.07, 6.45) is 0. The highest BCUT2D eigenvalue weighted by Crippen LogP contribution is 2.54. The highest BCUT2D eigenvalue weighted by Gasteiger charge is 2.56. The topological polar surface area (TPSA) is 143 Å². The Bertz CT molecular complexity index is 1210. The standard InChI is InChI=1S/C20H17BrN2O8S2/c1-2-30-12(26)7-31-10-4-3-8(21)5-9(10)13-14-16(32-17-15(13)33-20(29)22-17)19(28)23(18(14)27)6-11(24)25/h3-5,13-14,16H,2,6-7H2,1H3,(H,22,29)(H,24,25)/t13-,14+,16-/m0/s1. The van der Waals surface area contributed by atoms with Crippen LogP contribution in [0.25, 0.3) is 0 Å². The van der Waals surface area contributed by atoms with E-state index in [1.807, 2.05) is 0 Å². The third-order valence-corrected chi connectivity index (χ3v) is 8.06. The fraction of sp³-hybridized carbons (Fsp3) is 0.350. The minimum absolute atomic E-state index is 0.190. The number of likely N-dealkylation sites (tertiary alicyclic amines) is 1. The third kappa shape index (κ3) is 4.44. The maximum atomic E-state index is 13.3. The molecule has 2 aromatic rings. The number of hydrogen-bond acceptors (Lipinski definition) is 9. The monoisotopic (exact) mass is 556 g/mol. The number of carbonyl (C=O) groups is 4. The van der Waals surface area contributed by atoms with Crippen LogP contribution in [0.15, 0.2) is 32.5 Å². The molecule has 1 aromatic heterocycles. The summed E-state index contributed by atoms with van der Waals surface area (Å²) in [5.74, 6) is -4.56. The number of thioether (sulfide) groups is 1. The van der Waals surface area contributed by atoms with Gasteiger partial charge in [0.05, 0.1) is 17.6 Å². The zero-order chi connectivity index (χ0) is 23.9. The fourth-order valence-corrected chi connectivity index (χ4v) is 6.84. The molecule has 13 heteroatoms. The van der Waals surface area contributed by atoms with Gasteiger partial charge in [-0.2, -0.15) is 0 Å². The molecule has 0 saturated carbocycles. The van der Waals surface area contributed by atoms with Crippen molar-refractivity contribution >= 4 is 62.8 Å². The number of nitrogens with zero attached hydrogens (tertiary/aromatic N) is 1. The Hall–Kier alpha value is -2.64. The predicted molar refractivity (Wildman–Crippen MR) is 121 cm³/mol. The number of carbonyl (C=O) groups excluding carboxylic acids is 3. The number of esters is 1. The van der Waals surface area contributed by atoms with Crippen LogP contribution in [-0.2, 0) is 23.9 Å². The summed E-state index contributed by atoms with van der Waals surface area (Å²) in [6.45, 7) is 0.749. The number of carboxylic acids is 1. The van der Waals surface area contributed by atoms with E-state index in [1.165, 1.54) is 0 Å². The number of imide groups is 1. The van der Waals surface area contributed by atoms with E-state index >= 15 is 0 Å². The van der Waals surface area contributed by atoms with Crippen molar-refractivity contribution in [3.63, 3.8) is 0 Å². The van der Waals surface area contributed by atoms with Gasteiger partial charge in [-0.15, -0.1) is 0 Å². The largest absolute Gasteiger partial charge is 0.482 e. The van der Waals surface area contributed by atoms with Crippen LogP contribution >= 0.6 is 39.0 Å². The summed E-state index contributed by atoms with van der Waals surface area (Å²) < 4.78 is 11.2. The normalized spacial score (nSPS) is 21.5. The molecule has 10 nitrogen and oxygen atoms in total. The molecule has 3 heterocycles. The van der Waals surface area contributed by atoms with Gasteiger partial charge in [-0.3, -0.25) is 24.1 Å². The molecule has 0 unspecified atom stereocenters. The Morgan fingerprint density at radius 3 is 2.70 bits per heavy atom. The van der Waals surface area contributed by atoms with Gasteiger partial charge in [-0.1, -0.05) is 39.0 Å². The van der Waals surface area contributed by atoms with E-state index in [1.54, 1.807) is 25.1 Å². The number of fused-ring (bicyclic) bond motifs is 2. The number of H-pyrrole nitrogens is 1. The molecule has 0 aliphatic carbocycles. The smallest absolute Gasteiger partial charge is 0.344 e. The Morgan fingerprint density at radius 2 is 2.00 bits per heavy atom. The van der Waals surface area contributed by atoms with E-state index in [2.05, 4.69) is 20.9 Å². The molecule has 33 heavy (non-hydrogen) atoms. The Balaban J connectivity index is 1.81. The van der Waals surface area contributed by atoms with Crippen molar-refractivity contribution in [3.8, 4) is 5.75 Å². The van der Waals surface area contributed by atoms with E-state index in [9.17, 15) is 29.1 Å². The average molecular weight is 557 g/mol. The number of aromatic nitrogens is 1.